The lowest BCUT2D eigenvalue weighted by molar-refractivity contribution is 0.240. The third-order valence-electron chi connectivity index (χ3n) is 3.30. The number of ether oxygens (including phenoxy) is 1. The van der Waals surface area contributed by atoms with Crippen molar-refractivity contribution < 1.29 is 13.9 Å². The van der Waals surface area contributed by atoms with Crippen molar-refractivity contribution in [2.45, 2.75) is 13.0 Å². The minimum Gasteiger partial charge on any atom is -0.497 e. The summed E-state index contributed by atoms with van der Waals surface area (Å²) in [6.45, 7) is 0.781. The van der Waals surface area contributed by atoms with Gasteiger partial charge in [0, 0.05) is 17.6 Å². The summed E-state index contributed by atoms with van der Waals surface area (Å²) in [5, 5.41) is 5.47. The first-order valence-electron chi connectivity index (χ1n) is 7.17. The fraction of sp³-hybridized carbons (Fsp3) is 0.235. The molecule has 6 heteroatoms. The highest BCUT2D eigenvalue weighted by molar-refractivity contribution is 9.10. The second kappa shape index (κ2) is 8.53. The molecule has 0 bridgehead atoms. The second-order valence-electron chi connectivity index (χ2n) is 4.94. The van der Waals surface area contributed by atoms with E-state index in [1.165, 1.54) is 6.07 Å². The molecule has 0 aliphatic heterocycles. The number of carbonyl (C=O) groups is 1. The van der Waals surface area contributed by atoms with E-state index < -0.39 is 0 Å². The molecule has 122 valence electrons. The zero-order valence-electron chi connectivity index (χ0n) is 12.7. The van der Waals surface area contributed by atoms with Gasteiger partial charge in [-0.15, -0.1) is 0 Å². The van der Waals surface area contributed by atoms with Crippen LogP contribution in [0.25, 0.3) is 0 Å². The SMILES string of the molecule is COc1ccc(CNC(=O)NCCc2cc(Br)ccc2F)cc1. The Balaban J connectivity index is 1.73. The molecule has 0 saturated carbocycles. The Kier molecular flexibility index (Phi) is 6.40. The van der Waals surface area contributed by atoms with Gasteiger partial charge in [0.05, 0.1) is 7.11 Å². The summed E-state index contributed by atoms with van der Waals surface area (Å²) in [5.41, 5.74) is 1.54. The summed E-state index contributed by atoms with van der Waals surface area (Å²) in [7, 11) is 1.61. The lowest BCUT2D eigenvalue weighted by atomic mass is 10.1. The number of methoxy groups -OCH3 is 1. The largest absolute Gasteiger partial charge is 0.497 e. The molecule has 2 aromatic carbocycles. The van der Waals surface area contributed by atoms with Gasteiger partial charge in [0.1, 0.15) is 11.6 Å². The normalized spacial score (nSPS) is 10.2. The molecule has 0 radical (unpaired) electrons. The van der Waals surface area contributed by atoms with Crippen LogP contribution in [0, 0.1) is 5.82 Å². The number of rotatable bonds is 6. The highest BCUT2D eigenvalue weighted by Gasteiger charge is 2.05. The van der Waals surface area contributed by atoms with Crippen LogP contribution in [0.3, 0.4) is 0 Å². The molecule has 2 N–H and O–H groups in total. The van der Waals surface area contributed by atoms with Gasteiger partial charge in [0.25, 0.3) is 0 Å². The molecule has 2 aromatic rings. The van der Waals surface area contributed by atoms with Crippen molar-refractivity contribution in [1.29, 1.82) is 0 Å². The third-order valence-corrected chi connectivity index (χ3v) is 3.79. The van der Waals surface area contributed by atoms with E-state index in [4.69, 9.17) is 4.74 Å². The summed E-state index contributed by atoms with van der Waals surface area (Å²) in [6, 6.07) is 11.9. The minimum atomic E-state index is -0.281. The van der Waals surface area contributed by atoms with E-state index in [9.17, 15) is 9.18 Å². The standard InChI is InChI=1S/C17H18BrFN2O2/c1-23-15-5-2-12(3-6-15)11-21-17(22)20-9-8-13-10-14(18)4-7-16(13)19/h2-7,10H,8-9,11H2,1H3,(H2,20,21,22). The Bertz CT molecular complexity index is 662. The number of amides is 2. The van der Waals surface area contributed by atoms with Crippen LogP contribution in [0.2, 0.25) is 0 Å². The van der Waals surface area contributed by atoms with Gasteiger partial charge < -0.3 is 15.4 Å². The second-order valence-corrected chi connectivity index (χ2v) is 5.86. The van der Waals surface area contributed by atoms with Crippen molar-refractivity contribution in [3.63, 3.8) is 0 Å². The predicted molar refractivity (Wildman–Crippen MR) is 91.0 cm³/mol. The number of nitrogens with one attached hydrogen (secondary N) is 2. The molecule has 0 fully saturated rings. The van der Waals surface area contributed by atoms with Crippen molar-refractivity contribution >= 4 is 22.0 Å². The van der Waals surface area contributed by atoms with E-state index in [-0.39, 0.29) is 11.8 Å². The molecular formula is C17H18BrFN2O2. The smallest absolute Gasteiger partial charge is 0.315 e. The number of carbonyl (C=O) groups excluding carboxylic acids is 1. The van der Waals surface area contributed by atoms with Gasteiger partial charge in [0.15, 0.2) is 0 Å². The van der Waals surface area contributed by atoms with E-state index in [1.54, 1.807) is 19.2 Å². The monoisotopic (exact) mass is 380 g/mol. The number of hydrogen-bond donors (Lipinski definition) is 2. The Labute approximate surface area is 143 Å². The zero-order chi connectivity index (χ0) is 16.7. The van der Waals surface area contributed by atoms with Gasteiger partial charge in [-0.25, -0.2) is 9.18 Å². The van der Waals surface area contributed by atoms with Crippen LogP contribution in [0.1, 0.15) is 11.1 Å². The van der Waals surface area contributed by atoms with E-state index in [0.29, 0.717) is 25.1 Å². The molecule has 0 aliphatic carbocycles. The number of urea groups is 1. The molecule has 0 saturated heterocycles. The van der Waals surface area contributed by atoms with Crippen LogP contribution >= 0.6 is 15.9 Å². The number of halogens is 2. The molecule has 2 rings (SSSR count). The maximum absolute atomic E-state index is 13.6. The molecule has 0 spiro atoms. The quantitative estimate of drug-likeness (QED) is 0.803. The first-order valence-corrected chi connectivity index (χ1v) is 7.96. The Morgan fingerprint density at radius 1 is 1.17 bits per heavy atom. The molecule has 0 aromatic heterocycles. The zero-order valence-corrected chi connectivity index (χ0v) is 14.3. The molecule has 0 unspecified atom stereocenters. The molecular weight excluding hydrogens is 363 g/mol. The van der Waals surface area contributed by atoms with Crippen molar-refractivity contribution in [3.05, 3.63) is 63.9 Å². The molecule has 0 aliphatic rings. The van der Waals surface area contributed by atoms with Crippen LogP contribution in [-0.2, 0) is 13.0 Å². The van der Waals surface area contributed by atoms with Gasteiger partial charge in [0.2, 0.25) is 0 Å². The average Bonchev–Trinajstić information content (AvgIpc) is 2.56. The van der Waals surface area contributed by atoms with Crippen LogP contribution in [-0.4, -0.2) is 19.7 Å². The van der Waals surface area contributed by atoms with Gasteiger partial charge in [-0.2, -0.15) is 0 Å². The molecule has 23 heavy (non-hydrogen) atoms. The fourth-order valence-electron chi connectivity index (χ4n) is 2.03. The lowest BCUT2D eigenvalue weighted by Crippen LogP contribution is -2.36. The van der Waals surface area contributed by atoms with Crippen molar-refractivity contribution in [2.24, 2.45) is 0 Å². The van der Waals surface area contributed by atoms with Crippen molar-refractivity contribution in [1.82, 2.24) is 10.6 Å². The van der Waals surface area contributed by atoms with Crippen LogP contribution < -0.4 is 15.4 Å². The Morgan fingerprint density at radius 3 is 2.61 bits per heavy atom. The van der Waals surface area contributed by atoms with Crippen LogP contribution in [0.15, 0.2) is 46.9 Å². The van der Waals surface area contributed by atoms with Crippen molar-refractivity contribution in [3.8, 4) is 5.75 Å². The lowest BCUT2D eigenvalue weighted by Gasteiger charge is -2.09. The maximum Gasteiger partial charge on any atom is 0.315 e. The number of hydrogen-bond acceptors (Lipinski definition) is 2. The highest BCUT2D eigenvalue weighted by atomic mass is 79.9. The van der Waals surface area contributed by atoms with Gasteiger partial charge >= 0.3 is 6.03 Å². The molecule has 0 atom stereocenters. The summed E-state index contributed by atoms with van der Waals surface area (Å²) in [5.74, 6) is 0.503. The fourth-order valence-corrected chi connectivity index (χ4v) is 2.44. The van der Waals surface area contributed by atoms with E-state index >= 15 is 0 Å². The van der Waals surface area contributed by atoms with Gasteiger partial charge in [-0.3, -0.25) is 0 Å². The van der Waals surface area contributed by atoms with Gasteiger partial charge in [-0.1, -0.05) is 28.1 Å². The minimum absolute atomic E-state index is 0.270. The van der Waals surface area contributed by atoms with E-state index in [1.807, 2.05) is 24.3 Å². The maximum atomic E-state index is 13.6. The van der Waals surface area contributed by atoms with Gasteiger partial charge in [-0.05, 0) is 47.9 Å². The van der Waals surface area contributed by atoms with Crippen molar-refractivity contribution in [2.75, 3.05) is 13.7 Å². The van der Waals surface area contributed by atoms with Crippen LogP contribution in [0.4, 0.5) is 9.18 Å². The molecule has 2 amide bonds. The summed E-state index contributed by atoms with van der Waals surface area (Å²) < 4.78 is 19.5. The predicted octanol–water partition coefficient (Wildman–Crippen LogP) is 3.64. The van der Waals surface area contributed by atoms with E-state index in [2.05, 4.69) is 26.6 Å². The average molecular weight is 381 g/mol. The van der Waals surface area contributed by atoms with E-state index in [0.717, 1.165) is 15.8 Å². The highest BCUT2D eigenvalue weighted by Crippen LogP contribution is 2.15. The molecule has 0 heterocycles. The molecule has 4 nitrogen and oxygen atoms in total. The number of benzene rings is 2. The topological polar surface area (TPSA) is 50.4 Å². The first-order chi connectivity index (χ1) is 11.1. The Morgan fingerprint density at radius 2 is 1.91 bits per heavy atom. The summed E-state index contributed by atoms with van der Waals surface area (Å²) >= 11 is 3.30. The summed E-state index contributed by atoms with van der Waals surface area (Å²) in [6.07, 6.45) is 0.432. The summed E-state index contributed by atoms with van der Waals surface area (Å²) in [4.78, 5) is 11.7. The Hall–Kier alpha value is -2.08. The van der Waals surface area contributed by atoms with Crippen LogP contribution in [0.5, 0.6) is 5.75 Å². The third kappa shape index (κ3) is 5.56. The first kappa shape index (κ1) is 17.3.